The second-order valence-corrected chi connectivity index (χ2v) is 6.83. The molecular formula is C22H28N4O2. The number of fused-ring (bicyclic) bond motifs is 1. The van der Waals surface area contributed by atoms with E-state index in [1.165, 1.54) is 5.56 Å². The highest BCUT2D eigenvalue weighted by Crippen LogP contribution is 2.19. The minimum Gasteiger partial charge on any atom is -0.382 e. The molecule has 0 saturated carbocycles. The smallest absolute Gasteiger partial charge is 0.252 e. The molecule has 1 amide bonds. The van der Waals surface area contributed by atoms with E-state index in [9.17, 15) is 4.79 Å². The van der Waals surface area contributed by atoms with Crippen molar-refractivity contribution in [2.75, 3.05) is 19.8 Å². The zero-order valence-electron chi connectivity index (χ0n) is 16.9. The zero-order chi connectivity index (χ0) is 19.9. The molecule has 0 radical (unpaired) electrons. The molecule has 0 aliphatic rings. The summed E-state index contributed by atoms with van der Waals surface area (Å²) in [5.41, 5.74) is 4.62. The summed E-state index contributed by atoms with van der Waals surface area (Å²) < 4.78 is 7.17. The lowest BCUT2D eigenvalue weighted by Gasteiger charge is -2.09. The summed E-state index contributed by atoms with van der Waals surface area (Å²) in [4.78, 5) is 17.3. The van der Waals surface area contributed by atoms with Crippen LogP contribution in [0.15, 0.2) is 36.5 Å². The number of aromatic nitrogens is 3. The Morgan fingerprint density at radius 2 is 1.93 bits per heavy atom. The highest BCUT2D eigenvalue weighted by Gasteiger charge is 2.15. The van der Waals surface area contributed by atoms with E-state index in [-0.39, 0.29) is 5.91 Å². The van der Waals surface area contributed by atoms with Crippen molar-refractivity contribution in [1.29, 1.82) is 0 Å². The van der Waals surface area contributed by atoms with E-state index in [2.05, 4.69) is 46.6 Å². The molecule has 28 heavy (non-hydrogen) atoms. The first kappa shape index (κ1) is 20.0. The molecule has 1 N–H and O–H groups in total. The number of ether oxygens (including phenoxy) is 1. The largest absolute Gasteiger partial charge is 0.382 e. The van der Waals surface area contributed by atoms with E-state index in [1.807, 2.05) is 24.6 Å². The number of hydrogen-bond acceptors (Lipinski definition) is 4. The van der Waals surface area contributed by atoms with Crippen LogP contribution in [0.5, 0.6) is 0 Å². The second-order valence-electron chi connectivity index (χ2n) is 6.83. The van der Waals surface area contributed by atoms with Crippen molar-refractivity contribution in [3.63, 3.8) is 0 Å². The molecule has 0 aliphatic heterocycles. The number of hydrogen-bond donors (Lipinski definition) is 1. The van der Waals surface area contributed by atoms with Gasteiger partial charge in [-0.1, -0.05) is 31.2 Å². The van der Waals surface area contributed by atoms with Gasteiger partial charge in [0.1, 0.15) is 0 Å². The van der Waals surface area contributed by atoms with Crippen molar-refractivity contribution in [3.8, 4) is 0 Å². The Morgan fingerprint density at radius 3 is 2.64 bits per heavy atom. The van der Waals surface area contributed by atoms with Crippen molar-refractivity contribution < 1.29 is 9.53 Å². The van der Waals surface area contributed by atoms with Gasteiger partial charge in [0.25, 0.3) is 5.91 Å². The summed E-state index contributed by atoms with van der Waals surface area (Å²) in [7, 11) is 0. The maximum atomic E-state index is 12.7. The number of carbonyl (C=O) groups is 1. The lowest BCUT2D eigenvalue weighted by atomic mass is 10.1. The van der Waals surface area contributed by atoms with Gasteiger partial charge in [0.15, 0.2) is 5.65 Å². The van der Waals surface area contributed by atoms with E-state index < -0.39 is 0 Å². The number of amides is 1. The minimum atomic E-state index is -0.0983. The van der Waals surface area contributed by atoms with Gasteiger partial charge in [-0.3, -0.25) is 4.79 Å². The van der Waals surface area contributed by atoms with Crippen LogP contribution >= 0.6 is 0 Å². The number of benzene rings is 1. The normalized spacial score (nSPS) is 11.1. The third-order valence-electron chi connectivity index (χ3n) is 4.70. The number of rotatable bonds is 9. The topological polar surface area (TPSA) is 69.0 Å². The predicted octanol–water partition coefficient (Wildman–Crippen LogP) is 3.51. The van der Waals surface area contributed by atoms with Crippen LogP contribution in [0.3, 0.4) is 0 Å². The van der Waals surface area contributed by atoms with Crippen LogP contribution < -0.4 is 5.32 Å². The highest BCUT2D eigenvalue weighted by molar-refractivity contribution is 6.05. The summed E-state index contributed by atoms with van der Waals surface area (Å²) in [6, 6.07) is 10.3. The monoisotopic (exact) mass is 380 g/mol. The van der Waals surface area contributed by atoms with Crippen LogP contribution in [-0.2, 0) is 17.7 Å². The van der Waals surface area contributed by atoms with Crippen LogP contribution in [0.1, 0.15) is 47.4 Å². The molecule has 0 aliphatic carbocycles. The third kappa shape index (κ3) is 4.75. The van der Waals surface area contributed by atoms with Crippen molar-refractivity contribution >= 4 is 16.9 Å². The average molecular weight is 380 g/mol. The number of aryl methyl sites for hydroxylation is 2. The van der Waals surface area contributed by atoms with Gasteiger partial charge in [0, 0.05) is 25.5 Å². The molecule has 2 aromatic heterocycles. The fraction of sp³-hybridized carbons (Fsp3) is 0.409. The molecule has 6 heteroatoms. The van der Waals surface area contributed by atoms with Crippen LogP contribution in [-0.4, -0.2) is 40.4 Å². The molecule has 0 atom stereocenters. The van der Waals surface area contributed by atoms with Gasteiger partial charge in [-0.15, -0.1) is 0 Å². The molecule has 0 unspecified atom stereocenters. The Kier molecular flexibility index (Phi) is 6.76. The van der Waals surface area contributed by atoms with Crippen LogP contribution in [0.2, 0.25) is 0 Å². The fourth-order valence-corrected chi connectivity index (χ4v) is 3.15. The van der Waals surface area contributed by atoms with E-state index in [1.54, 1.807) is 6.20 Å². The van der Waals surface area contributed by atoms with Crippen molar-refractivity contribution in [2.24, 2.45) is 0 Å². The molecule has 3 rings (SSSR count). The van der Waals surface area contributed by atoms with Gasteiger partial charge in [-0.25, -0.2) is 9.67 Å². The first-order valence-electron chi connectivity index (χ1n) is 9.89. The lowest BCUT2D eigenvalue weighted by molar-refractivity contribution is 0.0945. The number of pyridine rings is 1. The molecule has 0 bridgehead atoms. The summed E-state index contributed by atoms with van der Waals surface area (Å²) in [5.74, 6) is -0.0983. The molecule has 0 fully saturated rings. The maximum Gasteiger partial charge on any atom is 0.252 e. The van der Waals surface area contributed by atoms with Gasteiger partial charge >= 0.3 is 0 Å². The standard InChI is InChI=1S/C22H28N4O2/c1-4-17-7-9-18(10-8-17)15-26-21-20(14-24-26)19(13-16(3)25-21)22(27)23-11-6-12-28-5-2/h7-10,13-14H,4-6,11-12,15H2,1-3H3,(H,23,27). The number of nitrogens with zero attached hydrogens (tertiary/aromatic N) is 3. The zero-order valence-corrected chi connectivity index (χ0v) is 16.9. The van der Waals surface area contributed by atoms with Gasteiger partial charge in [0.05, 0.1) is 23.7 Å². The molecule has 0 spiro atoms. The second kappa shape index (κ2) is 9.46. The van der Waals surface area contributed by atoms with Crippen molar-refractivity contribution in [2.45, 2.75) is 40.2 Å². The molecule has 148 valence electrons. The molecule has 6 nitrogen and oxygen atoms in total. The number of nitrogens with one attached hydrogen (secondary N) is 1. The Bertz CT molecular complexity index is 932. The third-order valence-corrected chi connectivity index (χ3v) is 4.70. The van der Waals surface area contributed by atoms with Gasteiger partial charge in [-0.05, 0) is 43.9 Å². The van der Waals surface area contributed by atoms with Crippen molar-refractivity contribution in [1.82, 2.24) is 20.1 Å². The number of carbonyl (C=O) groups excluding carboxylic acids is 1. The molecule has 1 aromatic carbocycles. The maximum absolute atomic E-state index is 12.7. The lowest BCUT2D eigenvalue weighted by Crippen LogP contribution is -2.25. The molecule has 0 saturated heterocycles. The Hall–Kier alpha value is -2.73. The van der Waals surface area contributed by atoms with Gasteiger partial charge in [-0.2, -0.15) is 5.10 Å². The Balaban J connectivity index is 1.78. The Morgan fingerprint density at radius 1 is 1.18 bits per heavy atom. The van der Waals surface area contributed by atoms with Gasteiger partial charge < -0.3 is 10.1 Å². The summed E-state index contributed by atoms with van der Waals surface area (Å²) in [6.07, 6.45) is 3.55. The van der Waals surface area contributed by atoms with E-state index in [4.69, 9.17) is 4.74 Å². The average Bonchev–Trinajstić information content (AvgIpc) is 3.10. The van der Waals surface area contributed by atoms with Crippen LogP contribution in [0.4, 0.5) is 0 Å². The van der Waals surface area contributed by atoms with Crippen LogP contribution in [0.25, 0.3) is 11.0 Å². The minimum absolute atomic E-state index is 0.0983. The summed E-state index contributed by atoms with van der Waals surface area (Å²) in [5, 5.41) is 8.23. The van der Waals surface area contributed by atoms with Gasteiger partial charge in [0.2, 0.25) is 0 Å². The fourth-order valence-electron chi connectivity index (χ4n) is 3.15. The van der Waals surface area contributed by atoms with E-state index in [0.29, 0.717) is 31.9 Å². The van der Waals surface area contributed by atoms with Crippen LogP contribution in [0, 0.1) is 6.92 Å². The highest BCUT2D eigenvalue weighted by atomic mass is 16.5. The molecule has 3 aromatic rings. The van der Waals surface area contributed by atoms with E-state index >= 15 is 0 Å². The first-order chi connectivity index (χ1) is 13.6. The summed E-state index contributed by atoms with van der Waals surface area (Å²) >= 11 is 0. The molecule has 2 heterocycles. The van der Waals surface area contributed by atoms with Crippen molar-refractivity contribution in [3.05, 3.63) is 58.9 Å². The summed E-state index contributed by atoms with van der Waals surface area (Å²) in [6.45, 7) is 8.56. The first-order valence-corrected chi connectivity index (χ1v) is 9.89. The van der Waals surface area contributed by atoms with E-state index in [0.717, 1.165) is 35.1 Å². The SMILES string of the molecule is CCOCCCNC(=O)c1cc(C)nc2c1cnn2Cc1ccc(CC)cc1. The Labute approximate surface area is 165 Å². The molecular weight excluding hydrogens is 352 g/mol. The quantitative estimate of drug-likeness (QED) is 0.577. The predicted molar refractivity (Wildman–Crippen MR) is 111 cm³/mol.